The third-order valence-electron chi connectivity index (χ3n) is 5.92. The number of unbranched alkanes of at least 4 members (excludes halogenated alkanes) is 1. The SMILES string of the molecule is CCC(=O)NCCCCC(C(=O)O)N(C)C(=O)OCC1c2ccccc2-c2ccccc21. The van der Waals surface area contributed by atoms with Crippen LogP contribution >= 0.6 is 0 Å². The second-order valence-electron chi connectivity index (χ2n) is 7.97. The maximum atomic E-state index is 12.7. The fourth-order valence-electron chi connectivity index (χ4n) is 4.12. The molecule has 2 aromatic carbocycles. The summed E-state index contributed by atoms with van der Waals surface area (Å²) in [4.78, 5) is 36.8. The van der Waals surface area contributed by atoms with Gasteiger partial charge in [-0.15, -0.1) is 0 Å². The number of nitrogens with zero attached hydrogens (tertiary/aromatic N) is 1. The summed E-state index contributed by atoms with van der Waals surface area (Å²) < 4.78 is 5.57. The van der Waals surface area contributed by atoms with Crippen LogP contribution in [0.25, 0.3) is 11.1 Å². The Kier molecular flexibility index (Phi) is 7.87. The topological polar surface area (TPSA) is 95.9 Å². The highest BCUT2D eigenvalue weighted by Crippen LogP contribution is 2.44. The van der Waals surface area contributed by atoms with Gasteiger partial charge in [-0.3, -0.25) is 9.69 Å². The zero-order valence-corrected chi connectivity index (χ0v) is 18.5. The van der Waals surface area contributed by atoms with Crippen molar-refractivity contribution in [1.82, 2.24) is 10.2 Å². The molecule has 2 aromatic rings. The highest BCUT2D eigenvalue weighted by molar-refractivity contribution is 5.81. The normalized spacial score (nSPS) is 13.1. The van der Waals surface area contributed by atoms with Gasteiger partial charge in [0.25, 0.3) is 0 Å². The monoisotopic (exact) mass is 438 g/mol. The van der Waals surface area contributed by atoms with Gasteiger partial charge in [0.15, 0.2) is 0 Å². The van der Waals surface area contributed by atoms with Gasteiger partial charge in [0.1, 0.15) is 12.6 Å². The van der Waals surface area contributed by atoms with Crippen LogP contribution in [0.3, 0.4) is 0 Å². The van der Waals surface area contributed by atoms with Crippen LogP contribution in [0.1, 0.15) is 49.7 Å². The van der Waals surface area contributed by atoms with Crippen molar-refractivity contribution in [3.05, 3.63) is 59.7 Å². The number of amides is 2. The number of carboxylic acid groups (broad SMARTS) is 1. The van der Waals surface area contributed by atoms with E-state index in [0.29, 0.717) is 25.8 Å². The zero-order chi connectivity index (χ0) is 23.1. The lowest BCUT2D eigenvalue weighted by atomic mass is 9.98. The molecule has 170 valence electrons. The molecule has 2 N–H and O–H groups in total. The molecule has 2 amide bonds. The number of benzene rings is 2. The van der Waals surface area contributed by atoms with Crippen LogP contribution < -0.4 is 5.32 Å². The van der Waals surface area contributed by atoms with Crippen LogP contribution in [0.15, 0.2) is 48.5 Å². The summed E-state index contributed by atoms with van der Waals surface area (Å²) in [7, 11) is 1.45. The van der Waals surface area contributed by atoms with Crippen molar-refractivity contribution in [2.75, 3.05) is 20.2 Å². The molecular formula is C25H30N2O5. The number of ether oxygens (including phenoxy) is 1. The number of hydrogen-bond acceptors (Lipinski definition) is 4. The van der Waals surface area contributed by atoms with Gasteiger partial charge >= 0.3 is 12.1 Å². The van der Waals surface area contributed by atoms with E-state index in [4.69, 9.17) is 4.74 Å². The molecule has 0 bridgehead atoms. The molecule has 1 aliphatic carbocycles. The summed E-state index contributed by atoms with van der Waals surface area (Å²) in [5.41, 5.74) is 4.48. The first-order valence-electron chi connectivity index (χ1n) is 11.0. The first-order chi connectivity index (χ1) is 15.4. The summed E-state index contributed by atoms with van der Waals surface area (Å²) in [6.45, 7) is 2.42. The lowest BCUT2D eigenvalue weighted by molar-refractivity contribution is -0.142. The lowest BCUT2D eigenvalue weighted by Gasteiger charge is -2.25. The van der Waals surface area contributed by atoms with Gasteiger partial charge in [-0.25, -0.2) is 9.59 Å². The van der Waals surface area contributed by atoms with Crippen molar-refractivity contribution < 1.29 is 24.2 Å². The van der Waals surface area contributed by atoms with Crippen LogP contribution in [0, 0.1) is 0 Å². The maximum Gasteiger partial charge on any atom is 0.410 e. The number of fused-ring (bicyclic) bond motifs is 3. The average Bonchev–Trinajstić information content (AvgIpc) is 3.12. The van der Waals surface area contributed by atoms with Crippen LogP contribution in [0.2, 0.25) is 0 Å². The number of nitrogens with one attached hydrogen (secondary N) is 1. The van der Waals surface area contributed by atoms with Crippen molar-refractivity contribution >= 4 is 18.0 Å². The van der Waals surface area contributed by atoms with Gasteiger partial charge in [0.2, 0.25) is 5.91 Å². The molecule has 0 spiro atoms. The third-order valence-corrected chi connectivity index (χ3v) is 5.92. The van der Waals surface area contributed by atoms with Crippen molar-refractivity contribution in [2.24, 2.45) is 0 Å². The van der Waals surface area contributed by atoms with Crippen molar-refractivity contribution in [1.29, 1.82) is 0 Å². The Morgan fingerprint density at radius 3 is 2.19 bits per heavy atom. The zero-order valence-electron chi connectivity index (χ0n) is 18.5. The molecule has 0 aromatic heterocycles. The molecular weight excluding hydrogens is 408 g/mol. The Morgan fingerprint density at radius 1 is 1.03 bits per heavy atom. The Balaban J connectivity index is 1.57. The van der Waals surface area contributed by atoms with E-state index in [1.54, 1.807) is 6.92 Å². The first kappa shape index (κ1) is 23.3. The molecule has 0 fully saturated rings. The molecule has 7 heteroatoms. The highest BCUT2D eigenvalue weighted by atomic mass is 16.6. The Labute approximate surface area is 188 Å². The van der Waals surface area contributed by atoms with E-state index in [-0.39, 0.29) is 24.9 Å². The predicted molar refractivity (Wildman–Crippen MR) is 121 cm³/mol. The smallest absolute Gasteiger partial charge is 0.410 e. The fourth-order valence-corrected chi connectivity index (χ4v) is 4.12. The number of hydrogen-bond donors (Lipinski definition) is 2. The quantitative estimate of drug-likeness (QED) is 0.546. The Morgan fingerprint density at radius 2 is 1.62 bits per heavy atom. The molecule has 0 radical (unpaired) electrons. The van der Waals surface area contributed by atoms with Gasteiger partial charge in [0.05, 0.1) is 0 Å². The lowest BCUT2D eigenvalue weighted by Crippen LogP contribution is -2.43. The summed E-state index contributed by atoms with van der Waals surface area (Å²) >= 11 is 0. The molecule has 32 heavy (non-hydrogen) atoms. The van der Waals surface area contributed by atoms with Gasteiger partial charge in [-0.05, 0) is 41.5 Å². The summed E-state index contributed by atoms with van der Waals surface area (Å²) in [5.74, 6) is -1.18. The average molecular weight is 439 g/mol. The molecule has 0 saturated carbocycles. The van der Waals surface area contributed by atoms with Gasteiger partial charge in [0, 0.05) is 25.9 Å². The second kappa shape index (κ2) is 10.8. The third kappa shape index (κ3) is 5.28. The van der Waals surface area contributed by atoms with E-state index in [1.165, 1.54) is 7.05 Å². The largest absolute Gasteiger partial charge is 0.480 e. The number of carboxylic acids is 1. The van der Waals surface area contributed by atoms with E-state index in [0.717, 1.165) is 27.2 Å². The molecule has 0 aliphatic heterocycles. The standard InChI is InChI=1S/C25H30N2O5/c1-3-23(28)26-15-9-8-14-22(24(29)30)27(2)25(31)32-16-21-19-12-6-4-10-17(19)18-11-5-7-13-20(18)21/h4-7,10-13,21-22H,3,8-9,14-16H2,1-2H3,(H,26,28)(H,29,30). The highest BCUT2D eigenvalue weighted by Gasteiger charge is 2.31. The Hall–Kier alpha value is -3.35. The first-order valence-corrected chi connectivity index (χ1v) is 11.0. The van der Waals surface area contributed by atoms with Crippen molar-refractivity contribution in [3.63, 3.8) is 0 Å². The number of rotatable bonds is 10. The van der Waals surface area contributed by atoms with E-state index in [2.05, 4.69) is 17.4 Å². The number of likely N-dealkylation sites (N-methyl/N-ethyl adjacent to an activating group) is 1. The minimum Gasteiger partial charge on any atom is -0.480 e. The molecule has 7 nitrogen and oxygen atoms in total. The van der Waals surface area contributed by atoms with Gasteiger partial charge in [-0.2, -0.15) is 0 Å². The van der Waals surface area contributed by atoms with E-state index in [9.17, 15) is 19.5 Å². The van der Waals surface area contributed by atoms with E-state index in [1.807, 2.05) is 36.4 Å². The summed E-state index contributed by atoms with van der Waals surface area (Å²) in [5, 5.41) is 12.4. The summed E-state index contributed by atoms with van der Waals surface area (Å²) in [6.07, 6.45) is 1.27. The molecule has 3 rings (SSSR count). The van der Waals surface area contributed by atoms with E-state index >= 15 is 0 Å². The molecule has 1 aliphatic rings. The maximum absolute atomic E-state index is 12.7. The number of carbonyl (C=O) groups is 3. The predicted octanol–water partition coefficient (Wildman–Crippen LogP) is 4.02. The van der Waals surface area contributed by atoms with Crippen molar-refractivity contribution in [3.8, 4) is 11.1 Å². The number of aliphatic carboxylic acids is 1. The minimum absolute atomic E-state index is 0.0319. The van der Waals surface area contributed by atoms with E-state index < -0.39 is 18.1 Å². The summed E-state index contributed by atoms with van der Waals surface area (Å²) in [6, 6.07) is 15.1. The van der Waals surface area contributed by atoms with Crippen LogP contribution in [0.5, 0.6) is 0 Å². The molecule has 1 atom stereocenters. The molecule has 0 heterocycles. The van der Waals surface area contributed by atoms with Gasteiger partial charge < -0.3 is 15.2 Å². The van der Waals surface area contributed by atoms with Gasteiger partial charge in [-0.1, -0.05) is 55.5 Å². The second-order valence-corrected chi connectivity index (χ2v) is 7.97. The minimum atomic E-state index is -1.07. The van der Waals surface area contributed by atoms with Crippen LogP contribution in [-0.2, 0) is 14.3 Å². The van der Waals surface area contributed by atoms with Crippen LogP contribution in [0.4, 0.5) is 4.79 Å². The van der Waals surface area contributed by atoms with Crippen molar-refractivity contribution in [2.45, 2.75) is 44.6 Å². The molecule has 1 unspecified atom stereocenters. The Bertz CT molecular complexity index is 929. The fraction of sp³-hybridized carbons (Fsp3) is 0.400. The number of carbonyl (C=O) groups excluding carboxylic acids is 2. The molecule has 0 saturated heterocycles. The van der Waals surface area contributed by atoms with Crippen LogP contribution in [-0.4, -0.2) is 54.2 Å².